The molecule has 0 aliphatic heterocycles. The van der Waals surface area contributed by atoms with Gasteiger partial charge in [-0.3, -0.25) is 9.36 Å². The SMILES string of the molecule is CCOC(=O)c1ccc(NC(=O)CSc2nnc(CSc3ccc(C)cc3)n2-c2cccc(C)c2)cc1. The van der Waals surface area contributed by atoms with Gasteiger partial charge in [0.1, 0.15) is 5.82 Å². The first-order valence-corrected chi connectivity index (χ1v) is 13.8. The summed E-state index contributed by atoms with van der Waals surface area (Å²) < 4.78 is 7.01. The van der Waals surface area contributed by atoms with E-state index < -0.39 is 0 Å². The number of ether oxygens (including phenoxy) is 1. The van der Waals surface area contributed by atoms with Crippen LogP contribution in [0.15, 0.2) is 82.8 Å². The van der Waals surface area contributed by atoms with Gasteiger partial charge in [0.05, 0.1) is 23.7 Å². The first kappa shape index (κ1) is 26.5. The molecule has 0 aliphatic rings. The topological polar surface area (TPSA) is 86.1 Å². The Bertz CT molecular complexity index is 1370. The number of aromatic nitrogens is 3. The van der Waals surface area contributed by atoms with Gasteiger partial charge in [-0.05, 0) is 74.9 Å². The van der Waals surface area contributed by atoms with Crippen molar-refractivity contribution in [3.8, 4) is 5.69 Å². The molecule has 1 heterocycles. The van der Waals surface area contributed by atoms with E-state index in [-0.39, 0.29) is 17.6 Å². The number of thioether (sulfide) groups is 2. The van der Waals surface area contributed by atoms with E-state index in [4.69, 9.17) is 4.74 Å². The molecule has 4 aromatic rings. The smallest absolute Gasteiger partial charge is 0.338 e. The second kappa shape index (κ2) is 12.6. The number of nitrogens with one attached hydrogen (secondary N) is 1. The molecule has 0 spiro atoms. The average Bonchev–Trinajstić information content (AvgIpc) is 3.30. The Morgan fingerprint density at radius 2 is 1.68 bits per heavy atom. The second-order valence-corrected chi connectivity index (χ2v) is 10.3. The van der Waals surface area contributed by atoms with Crippen LogP contribution in [0, 0.1) is 13.8 Å². The summed E-state index contributed by atoms with van der Waals surface area (Å²) in [5.41, 5.74) is 4.36. The fraction of sp³-hybridized carbons (Fsp3) is 0.214. The summed E-state index contributed by atoms with van der Waals surface area (Å²) in [6.07, 6.45) is 0. The van der Waals surface area contributed by atoms with Crippen molar-refractivity contribution in [2.75, 3.05) is 17.7 Å². The molecule has 0 aliphatic carbocycles. The summed E-state index contributed by atoms with van der Waals surface area (Å²) in [4.78, 5) is 25.6. The Balaban J connectivity index is 1.45. The van der Waals surface area contributed by atoms with E-state index in [0.717, 1.165) is 22.0 Å². The van der Waals surface area contributed by atoms with Crippen LogP contribution in [0.4, 0.5) is 5.69 Å². The van der Waals surface area contributed by atoms with E-state index in [2.05, 4.69) is 52.8 Å². The van der Waals surface area contributed by atoms with Gasteiger partial charge in [-0.1, -0.05) is 41.6 Å². The lowest BCUT2D eigenvalue weighted by Gasteiger charge is -2.11. The van der Waals surface area contributed by atoms with Crippen molar-refractivity contribution in [3.05, 3.63) is 95.3 Å². The normalized spacial score (nSPS) is 10.8. The molecule has 1 aromatic heterocycles. The van der Waals surface area contributed by atoms with Gasteiger partial charge in [0.15, 0.2) is 5.16 Å². The third kappa shape index (κ3) is 7.24. The Hall–Kier alpha value is -3.56. The fourth-order valence-corrected chi connectivity index (χ4v) is 5.11. The van der Waals surface area contributed by atoms with Gasteiger partial charge in [-0.2, -0.15) is 0 Å². The summed E-state index contributed by atoms with van der Waals surface area (Å²) in [5.74, 6) is 1.05. The molecule has 0 unspecified atom stereocenters. The molecule has 37 heavy (non-hydrogen) atoms. The van der Waals surface area contributed by atoms with E-state index in [1.165, 1.54) is 17.3 Å². The van der Waals surface area contributed by atoms with Gasteiger partial charge in [0.2, 0.25) is 5.91 Å². The van der Waals surface area contributed by atoms with Crippen LogP contribution in [0.1, 0.15) is 34.2 Å². The lowest BCUT2D eigenvalue weighted by molar-refractivity contribution is -0.113. The zero-order valence-electron chi connectivity index (χ0n) is 20.9. The van der Waals surface area contributed by atoms with E-state index >= 15 is 0 Å². The number of carbonyl (C=O) groups is 2. The summed E-state index contributed by atoms with van der Waals surface area (Å²) in [6.45, 7) is 6.19. The third-order valence-electron chi connectivity index (χ3n) is 5.36. The van der Waals surface area contributed by atoms with Crippen LogP contribution in [0.25, 0.3) is 5.69 Å². The minimum atomic E-state index is -0.386. The molecule has 0 saturated heterocycles. The highest BCUT2D eigenvalue weighted by atomic mass is 32.2. The number of anilines is 1. The van der Waals surface area contributed by atoms with Crippen LogP contribution >= 0.6 is 23.5 Å². The van der Waals surface area contributed by atoms with Crippen LogP contribution in [0.3, 0.4) is 0 Å². The molecule has 0 saturated carbocycles. The quantitative estimate of drug-likeness (QED) is 0.196. The number of hydrogen-bond donors (Lipinski definition) is 1. The molecular formula is C28H28N4O3S2. The Labute approximate surface area is 225 Å². The van der Waals surface area contributed by atoms with Gasteiger partial charge in [0, 0.05) is 16.3 Å². The van der Waals surface area contributed by atoms with Crippen molar-refractivity contribution in [3.63, 3.8) is 0 Å². The molecule has 3 aromatic carbocycles. The Morgan fingerprint density at radius 3 is 2.38 bits per heavy atom. The molecule has 1 N–H and O–H groups in total. The highest BCUT2D eigenvalue weighted by molar-refractivity contribution is 7.99. The largest absolute Gasteiger partial charge is 0.462 e. The number of amides is 1. The summed E-state index contributed by atoms with van der Waals surface area (Å²) in [5, 5.41) is 12.4. The predicted molar refractivity (Wildman–Crippen MR) is 149 cm³/mol. The first-order chi connectivity index (χ1) is 17.9. The molecule has 0 bridgehead atoms. The number of benzene rings is 3. The minimum Gasteiger partial charge on any atom is -0.462 e. The molecule has 4 rings (SSSR count). The highest BCUT2D eigenvalue weighted by Gasteiger charge is 2.17. The monoisotopic (exact) mass is 532 g/mol. The maximum atomic E-state index is 12.7. The molecule has 9 heteroatoms. The fourth-order valence-electron chi connectivity index (χ4n) is 3.53. The molecule has 0 atom stereocenters. The minimum absolute atomic E-state index is 0.161. The summed E-state index contributed by atoms with van der Waals surface area (Å²) in [6, 6.07) is 23.2. The number of rotatable bonds is 10. The molecule has 1 amide bonds. The molecule has 0 fully saturated rings. The molecule has 7 nitrogen and oxygen atoms in total. The van der Waals surface area contributed by atoms with Crippen molar-refractivity contribution >= 4 is 41.1 Å². The van der Waals surface area contributed by atoms with Gasteiger partial charge < -0.3 is 10.1 Å². The van der Waals surface area contributed by atoms with E-state index in [1.807, 2.05) is 29.7 Å². The predicted octanol–water partition coefficient (Wildman–Crippen LogP) is 6.08. The van der Waals surface area contributed by atoms with E-state index in [9.17, 15) is 9.59 Å². The lowest BCUT2D eigenvalue weighted by atomic mass is 10.2. The number of nitrogens with zero attached hydrogens (tertiary/aromatic N) is 3. The van der Waals surface area contributed by atoms with Crippen molar-refractivity contribution in [1.29, 1.82) is 0 Å². The van der Waals surface area contributed by atoms with Crippen molar-refractivity contribution in [2.45, 2.75) is 36.6 Å². The van der Waals surface area contributed by atoms with E-state index in [0.29, 0.717) is 28.8 Å². The number of carbonyl (C=O) groups excluding carboxylic acids is 2. The molecule has 190 valence electrons. The van der Waals surface area contributed by atoms with Crippen LogP contribution in [-0.4, -0.2) is 39.0 Å². The van der Waals surface area contributed by atoms with Gasteiger partial charge in [-0.15, -0.1) is 22.0 Å². The van der Waals surface area contributed by atoms with Crippen LogP contribution in [-0.2, 0) is 15.3 Å². The van der Waals surface area contributed by atoms with Crippen LogP contribution in [0.5, 0.6) is 0 Å². The summed E-state index contributed by atoms with van der Waals surface area (Å²) >= 11 is 3.02. The van der Waals surface area contributed by atoms with Gasteiger partial charge in [0.25, 0.3) is 0 Å². The third-order valence-corrected chi connectivity index (χ3v) is 7.30. The highest BCUT2D eigenvalue weighted by Crippen LogP contribution is 2.28. The van der Waals surface area contributed by atoms with Crippen molar-refractivity contribution < 1.29 is 14.3 Å². The van der Waals surface area contributed by atoms with E-state index in [1.54, 1.807) is 43.0 Å². The zero-order valence-corrected chi connectivity index (χ0v) is 22.6. The average molecular weight is 533 g/mol. The van der Waals surface area contributed by atoms with Crippen molar-refractivity contribution in [2.24, 2.45) is 0 Å². The molecular weight excluding hydrogens is 504 g/mol. The van der Waals surface area contributed by atoms with Gasteiger partial charge >= 0.3 is 5.97 Å². The summed E-state index contributed by atoms with van der Waals surface area (Å²) in [7, 11) is 0. The zero-order chi connectivity index (χ0) is 26.2. The second-order valence-electron chi connectivity index (χ2n) is 8.31. The maximum absolute atomic E-state index is 12.7. The van der Waals surface area contributed by atoms with Crippen LogP contribution in [0.2, 0.25) is 0 Å². The number of aryl methyl sites for hydroxylation is 2. The first-order valence-electron chi connectivity index (χ1n) is 11.8. The maximum Gasteiger partial charge on any atom is 0.338 e. The number of esters is 1. The Kier molecular flexibility index (Phi) is 9.03. The van der Waals surface area contributed by atoms with Crippen LogP contribution < -0.4 is 5.32 Å². The lowest BCUT2D eigenvalue weighted by Crippen LogP contribution is -2.15. The van der Waals surface area contributed by atoms with Gasteiger partial charge in [-0.25, -0.2) is 4.79 Å². The molecule has 0 radical (unpaired) electrons. The van der Waals surface area contributed by atoms with Crippen molar-refractivity contribution in [1.82, 2.24) is 14.8 Å². The Morgan fingerprint density at radius 1 is 0.919 bits per heavy atom. The number of hydrogen-bond acceptors (Lipinski definition) is 7. The standard InChI is InChI=1S/C28H28N4O3S2/c1-4-35-27(34)21-10-12-22(13-11-21)29-26(33)18-37-28-31-30-25(17-36-24-14-8-19(2)9-15-24)32(28)23-7-5-6-20(3)16-23/h5-16H,4,17-18H2,1-3H3,(H,29,33).